The molecule has 0 aliphatic carbocycles. The highest BCUT2D eigenvalue weighted by Crippen LogP contribution is 2.32. The Bertz CT molecular complexity index is 293. The molecular weight excluding hydrogens is 272 g/mol. The Kier molecular flexibility index (Phi) is 3.62. The Balaban J connectivity index is 2.81. The van der Waals surface area contributed by atoms with Crippen molar-refractivity contribution in [3.05, 3.63) is 0 Å². The Hall–Kier alpha value is 0.350. The van der Waals surface area contributed by atoms with E-state index in [1.54, 1.807) is 0 Å². The molecule has 0 aromatic heterocycles. The summed E-state index contributed by atoms with van der Waals surface area (Å²) in [7, 11) is -3.81. The molecular formula is C8H15BrO4S. The van der Waals surface area contributed by atoms with Crippen LogP contribution in [0.3, 0.4) is 0 Å². The lowest BCUT2D eigenvalue weighted by Gasteiger charge is -2.35. The summed E-state index contributed by atoms with van der Waals surface area (Å²) in [5, 5.41) is 0.502. The molecule has 0 aromatic rings. The van der Waals surface area contributed by atoms with Gasteiger partial charge in [-0.25, -0.2) is 8.37 Å². The van der Waals surface area contributed by atoms with Crippen molar-refractivity contribution in [1.29, 1.82) is 0 Å². The summed E-state index contributed by atoms with van der Waals surface area (Å²) >= 11 is 3.21. The van der Waals surface area contributed by atoms with Gasteiger partial charge in [0.1, 0.15) is 0 Å². The number of alkyl halides is 1. The van der Waals surface area contributed by atoms with Crippen LogP contribution in [0.25, 0.3) is 0 Å². The number of rotatable bonds is 1. The summed E-state index contributed by atoms with van der Waals surface area (Å²) in [6.45, 7) is 5.84. The Morgan fingerprint density at radius 2 is 1.93 bits per heavy atom. The second-order valence-corrected chi connectivity index (χ2v) is 6.32. The maximum atomic E-state index is 11.2. The molecule has 1 saturated heterocycles. The van der Waals surface area contributed by atoms with Crippen LogP contribution in [0.15, 0.2) is 0 Å². The van der Waals surface area contributed by atoms with Crippen LogP contribution >= 0.6 is 15.9 Å². The minimum Gasteiger partial charge on any atom is -0.244 e. The van der Waals surface area contributed by atoms with E-state index in [1.165, 1.54) is 0 Å². The Morgan fingerprint density at radius 1 is 1.36 bits per heavy atom. The highest BCUT2D eigenvalue weighted by Gasteiger charge is 2.39. The number of halogens is 1. The average Bonchev–Trinajstić information content (AvgIpc) is 1.99. The van der Waals surface area contributed by atoms with Gasteiger partial charge in [-0.05, 0) is 5.41 Å². The van der Waals surface area contributed by atoms with E-state index < -0.39 is 10.4 Å². The van der Waals surface area contributed by atoms with Crippen LogP contribution in [0.1, 0.15) is 27.2 Å². The van der Waals surface area contributed by atoms with Crippen molar-refractivity contribution in [3.63, 3.8) is 0 Å². The minimum atomic E-state index is -3.81. The van der Waals surface area contributed by atoms with Gasteiger partial charge in [0.15, 0.2) is 0 Å². The maximum absolute atomic E-state index is 11.2. The van der Waals surface area contributed by atoms with Crippen LogP contribution in [-0.2, 0) is 18.8 Å². The second-order valence-electron chi connectivity index (χ2n) is 4.47. The summed E-state index contributed by atoms with van der Waals surface area (Å²) < 4.78 is 32.1. The molecule has 0 aromatic carbocycles. The quantitative estimate of drug-likeness (QED) is 0.691. The first-order valence-corrected chi connectivity index (χ1v) is 6.87. The molecule has 1 fully saturated rings. The van der Waals surface area contributed by atoms with Gasteiger partial charge in [-0.3, -0.25) is 0 Å². The third kappa shape index (κ3) is 3.18. The second kappa shape index (κ2) is 4.08. The fraction of sp³-hybridized carbons (Fsp3) is 1.00. The lowest BCUT2D eigenvalue weighted by Crippen LogP contribution is -2.42. The third-order valence-corrected chi connectivity index (χ3v) is 3.80. The van der Waals surface area contributed by atoms with Crippen molar-refractivity contribution >= 4 is 26.3 Å². The Labute approximate surface area is 93.4 Å². The molecule has 84 valence electrons. The first-order valence-electron chi connectivity index (χ1n) is 4.42. The SMILES string of the molecule is CC(C)(C)[C@H]1C[C@@H](CBr)OS(=O)(=O)O1. The summed E-state index contributed by atoms with van der Waals surface area (Å²) in [4.78, 5) is 0. The van der Waals surface area contributed by atoms with Crippen molar-refractivity contribution in [3.8, 4) is 0 Å². The fourth-order valence-electron chi connectivity index (χ4n) is 1.24. The molecule has 0 saturated carbocycles. The topological polar surface area (TPSA) is 52.6 Å². The predicted octanol–water partition coefficient (Wildman–Crippen LogP) is 1.85. The highest BCUT2D eigenvalue weighted by atomic mass is 79.9. The molecule has 0 N–H and O–H groups in total. The van der Waals surface area contributed by atoms with E-state index in [-0.39, 0.29) is 17.6 Å². The fourth-order valence-corrected chi connectivity index (χ4v) is 2.98. The molecule has 0 unspecified atom stereocenters. The molecule has 1 aliphatic heterocycles. The molecule has 1 aliphatic rings. The molecule has 0 spiro atoms. The molecule has 0 amide bonds. The third-order valence-electron chi connectivity index (χ3n) is 2.10. The first-order chi connectivity index (χ1) is 6.24. The zero-order valence-electron chi connectivity index (χ0n) is 8.49. The molecule has 2 atom stereocenters. The van der Waals surface area contributed by atoms with Gasteiger partial charge in [0, 0.05) is 11.8 Å². The standard InChI is InChI=1S/C8H15BrO4S/c1-8(2,3)7-4-6(5-9)12-14(10,11)13-7/h6-7H,4-5H2,1-3H3/t6-,7+/m0/s1. The van der Waals surface area contributed by atoms with E-state index in [2.05, 4.69) is 15.9 Å². The van der Waals surface area contributed by atoms with E-state index in [0.717, 1.165) is 0 Å². The van der Waals surface area contributed by atoms with Gasteiger partial charge in [-0.15, -0.1) is 0 Å². The van der Waals surface area contributed by atoms with E-state index in [4.69, 9.17) is 8.37 Å². The van der Waals surface area contributed by atoms with Crippen molar-refractivity contribution in [2.24, 2.45) is 5.41 Å². The van der Waals surface area contributed by atoms with Crippen LogP contribution in [0.5, 0.6) is 0 Å². The van der Waals surface area contributed by atoms with Crippen LogP contribution in [0, 0.1) is 5.41 Å². The molecule has 1 rings (SSSR count). The highest BCUT2D eigenvalue weighted by molar-refractivity contribution is 9.09. The average molecular weight is 287 g/mol. The summed E-state index contributed by atoms with van der Waals surface area (Å²) in [6, 6.07) is 0. The van der Waals surface area contributed by atoms with E-state index >= 15 is 0 Å². The predicted molar refractivity (Wildman–Crippen MR) is 56.5 cm³/mol. The molecule has 0 bridgehead atoms. The van der Waals surface area contributed by atoms with Gasteiger partial charge < -0.3 is 0 Å². The van der Waals surface area contributed by atoms with Gasteiger partial charge in [0.2, 0.25) is 0 Å². The van der Waals surface area contributed by atoms with Crippen LogP contribution in [0.2, 0.25) is 0 Å². The van der Waals surface area contributed by atoms with Gasteiger partial charge in [-0.1, -0.05) is 36.7 Å². The molecule has 14 heavy (non-hydrogen) atoms. The zero-order chi connectivity index (χ0) is 11.0. The summed E-state index contributed by atoms with van der Waals surface area (Å²) in [5.74, 6) is 0. The normalized spacial score (nSPS) is 32.9. The minimum absolute atomic E-state index is 0.197. The van der Waals surface area contributed by atoms with Gasteiger partial charge in [0.25, 0.3) is 0 Å². The van der Waals surface area contributed by atoms with Crippen LogP contribution in [0.4, 0.5) is 0 Å². The van der Waals surface area contributed by atoms with Crippen LogP contribution < -0.4 is 0 Å². The molecule has 0 radical (unpaired) electrons. The van der Waals surface area contributed by atoms with Gasteiger partial charge in [0.05, 0.1) is 12.2 Å². The molecule has 6 heteroatoms. The molecule has 4 nitrogen and oxygen atoms in total. The Morgan fingerprint density at radius 3 is 2.36 bits per heavy atom. The van der Waals surface area contributed by atoms with Crippen molar-refractivity contribution < 1.29 is 16.8 Å². The molecule has 1 heterocycles. The van der Waals surface area contributed by atoms with Crippen molar-refractivity contribution in [2.75, 3.05) is 5.33 Å². The van der Waals surface area contributed by atoms with E-state index in [1.807, 2.05) is 20.8 Å². The lowest BCUT2D eigenvalue weighted by atomic mass is 9.86. The zero-order valence-corrected chi connectivity index (χ0v) is 10.9. The maximum Gasteiger partial charge on any atom is 0.400 e. The van der Waals surface area contributed by atoms with Gasteiger partial charge >= 0.3 is 10.4 Å². The summed E-state index contributed by atoms with van der Waals surface area (Å²) in [6.07, 6.45) is -0.0460. The number of hydrogen-bond acceptors (Lipinski definition) is 4. The lowest BCUT2D eigenvalue weighted by molar-refractivity contribution is -0.00432. The van der Waals surface area contributed by atoms with Crippen molar-refractivity contribution in [2.45, 2.75) is 39.4 Å². The van der Waals surface area contributed by atoms with Crippen molar-refractivity contribution in [1.82, 2.24) is 0 Å². The van der Waals surface area contributed by atoms with Gasteiger partial charge in [-0.2, -0.15) is 8.42 Å². The number of hydrogen-bond donors (Lipinski definition) is 0. The first kappa shape index (κ1) is 12.4. The smallest absolute Gasteiger partial charge is 0.244 e. The largest absolute Gasteiger partial charge is 0.400 e. The monoisotopic (exact) mass is 286 g/mol. The van der Waals surface area contributed by atoms with E-state index in [0.29, 0.717) is 11.8 Å². The summed E-state index contributed by atoms with van der Waals surface area (Å²) in [5.41, 5.74) is -0.197. The van der Waals surface area contributed by atoms with Crippen LogP contribution in [-0.4, -0.2) is 26.0 Å². The van der Waals surface area contributed by atoms with E-state index in [9.17, 15) is 8.42 Å².